The van der Waals surface area contributed by atoms with Gasteiger partial charge in [-0.15, -0.1) is 0 Å². The van der Waals surface area contributed by atoms with E-state index in [1.54, 1.807) is 0 Å². The molecule has 0 aliphatic rings. The fourth-order valence-electron chi connectivity index (χ4n) is 1.37. The zero-order chi connectivity index (χ0) is 9.84. The number of rotatable bonds is 3. The van der Waals surface area contributed by atoms with Gasteiger partial charge in [0, 0.05) is 0 Å². The van der Waals surface area contributed by atoms with Crippen molar-refractivity contribution in [3.63, 3.8) is 0 Å². The van der Waals surface area contributed by atoms with Crippen LogP contribution >= 0.6 is 12.6 Å². The van der Waals surface area contributed by atoms with Crippen molar-refractivity contribution in [3.8, 4) is 0 Å². The van der Waals surface area contributed by atoms with Crippen LogP contribution in [0.4, 0.5) is 0 Å². The molecule has 0 fully saturated rings. The molecule has 0 saturated carbocycles. The third-order valence-electron chi connectivity index (χ3n) is 2.15. The molecular formula is C10H16NSSn. The van der Waals surface area contributed by atoms with Gasteiger partial charge in [0.1, 0.15) is 0 Å². The van der Waals surface area contributed by atoms with E-state index in [1.807, 2.05) is 6.92 Å². The Morgan fingerprint density at radius 3 is 2.62 bits per heavy atom. The molecule has 1 aromatic rings. The summed E-state index contributed by atoms with van der Waals surface area (Å²) in [6.45, 7) is 2.05. The molecule has 0 aliphatic heterocycles. The van der Waals surface area contributed by atoms with Gasteiger partial charge in [-0.05, 0) is 0 Å². The standard InChI is InChI=1S/C8H10N.CH3S.CH3.Sn/c1-7(9)8-5-3-2-4-6-8;1-2;;/h2-5,7H,9H2,1H3;2H,1H2;1H3;. The van der Waals surface area contributed by atoms with Gasteiger partial charge >= 0.3 is 93.2 Å². The van der Waals surface area contributed by atoms with Crippen LogP contribution in [-0.4, -0.2) is 23.5 Å². The van der Waals surface area contributed by atoms with Crippen LogP contribution in [0.25, 0.3) is 0 Å². The summed E-state index contributed by atoms with van der Waals surface area (Å²) in [5.74, 6) is 0. The summed E-state index contributed by atoms with van der Waals surface area (Å²) in [5, 5.41) is 0. The summed E-state index contributed by atoms with van der Waals surface area (Å²) in [7, 11) is 0. The molecule has 1 unspecified atom stereocenters. The van der Waals surface area contributed by atoms with Crippen molar-refractivity contribution >= 4 is 36.0 Å². The summed E-state index contributed by atoms with van der Waals surface area (Å²) in [6.07, 6.45) is 0. The van der Waals surface area contributed by atoms with E-state index in [0.29, 0.717) is 0 Å². The Hall–Kier alpha value is 0.329. The van der Waals surface area contributed by atoms with E-state index in [-0.39, 0.29) is 6.04 Å². The summed E-state index contributed by atoms with van der Waals surface area (Å²) >= 11 is 2.99. The molecule has 0 amide bonds. The molecule has 0 spiro atoms. The first kappa shape index (κ1) is 11.4. The van der Waals surface area contributed by atoms with Crippen LogP contribution in [0.2, 0.25) is 4.94 Å². The third-order valence-corrected chi connectivity index (χ3v) is 10.6. The number of hydrogen-bond donors (Lipinski definition) is 2. The molecule has 71 valence electrons. The van der Waals surface area contributed by atoms with E-state index < -0.39 is 19.8 Å². The molecule has 1 aromatic carbocycles. The van der Waals surface area contributed by atoms with Crippen molar-refractivity contribution < 1.29 is 0 Å². The quantitative estimate of drug-likeness (QED) is 0.642. The van der Waals surface area contributed by atoms with Gasteiger partial charge in [0.05, 0.1) is 0 Å². The van der Waals surface area contributed by atoms with Gasteiger partial charge in [0.2, 0.25) is 0 Å². The van der Waals surface area contributed by atoms with Crippen molar-refractivity contribution in [1.29, 1.82) is 0 Å². The Bertz CT molecular complexity index is 275. The molecule has 13 heavy (non-hydrogen) atoms. The molecule has 0 saturated heterocycles. The Labute approximate surface area is 92.9 Å². The minimum absolute atomic E-state index is 0.159. The van der Waals surface area contributed by atoms with Crippen molar-refractivity contribution in [2.45, 2.75) is 17.9 Å². The van der Waals surface area contributed by atoms with Gasteiger partial charge in [0.15, 0.2) is 0 Å². The van der Waals surface area contributed by atoms with Crippen LogP contribution in [0.5, 0.6) is 0 Å². The predicted octanol–water partition coefficient (Wildman–Crippen LogP) is 1.51. The monoisotopic (exact) mass is 302 g/mol. The molecule has 1 radical (unpaired) electrons. The minimum atomic E-state index is -1.40. The first-order valence-corrected chi connectivity index (χ1v) is 11.4. The van der Waals surface area contributed by atoms with Crippen LogP contribution in [0, 0.1) is 0 Å². The molecule has 0 aliphatic carbocycles. The van der Waals surface area contributed by atoms with Crippen LogP contribution in [0.15, 0.2) is 24.3 Å². The number of thiol groups is 1. The van der Waals surface area contributed by atoms with Gasteiger partial charge in [-0.3, -0.25) is 0 Å². The van der Waals surface area contributed by atoms with E-state index in [2.05, 4.69) is 41.8 Å². The first-order chi connectivity index (χ1) is 6.16. The fraction of sp³-hybridized carbons (Fsp3) is 0.400. The van der Waals surface area contributed by atoms with E-state index in [4.69, 9.17) is 5.73 Å². The van der Waals surface area contributed by atoms with Crippen LogP contribution in [0.1, 0.15) is 18.5 Å². The van der Waals surface area contributed by atoms with E-state index in [1.165, 1.54) is 9.14 Å². The van der Waals surface area contributed by atoms with E-state index >= 15 is 0 Å². The summed E-state index contributed by atoms with van der Waals surface area (Å²) in [4.78, 5) is 2.37. The van der Waals surface area contributed by atoms with Gasteiger partial charge in [0.25, 0.3) is 0 Å². The van der Waals surface area contributed by atoms with E-state index in [9.17, 15) is 0 Å². The van der Waals surface area contributed by atoms with Crippen LogP contribution < -0.4 is 9.31 Å². The van der Waals surface area contributed by atoms with E-state index in [0.717, 1.165) is 3.77 Å². The molecule has 2 N–H and O–H groups in total. The fourth-order valence-corrected chi connectivity index (χ4v) is 6.38. The van der Waals surface area contributed by atoms with Gasteiger partial charge < -0.3 is 0 Å². The van der Waals surface area contributed by atoms with Gasteiger partial charge in [-0.25, -0.2) is 0 Å². The summed E-state index contributed by atoms with van der Waals surface area (Å²) in [5.41, 5.74) is 7.24. The van der Waals surface area contributed by atoms with Crippen molar-refractivity contribution in [2.75, 3.05) is 3.77 Å². The molecular weight excluding hydrogens is 285 g/mol. The zero-order valence-electron chi connectivity index (χ0n) is 8.12. The second-order valence-corrected chi connectivity index (χ2v) is 12.3. The number of hydrogen-bond acceptors (Lipinski definition) is 2. The third kappa shape index (κ3) is 2.89. The Balaban J connectivity index is 3.04. The van der Waals surface area contributed by atoms with Crippen LogP contribution in [0.3, 0.4) is 0 Å². The van der Waals surface area contributed by atoms with Crippen molar-refractivity contribution in [3.05, 3.63) is 29.8 Å². The first-order valence-electron chi connectivity index (χ1n) is 4.45. The molecule has 1 atom stereocenters. The second-order valence-electron chi connectivity index (χ2n) is 3.31. The normalized spacial score (nSPS) is 13.3. The van der Waals surface area contributed by atoms with Gasteiger partial charge in [-0.2, -0.15) is 0 Å². The van der Waals surface area contributed by atoms with Crippen molar-refractivity contribution in [1.82, 2.24) is 0 Å². The maximum absolute atomic E-state index is 5.91. The molecule has 0 aromatic heterocycles. The molecule has 0 heterocycles. The van der Waals surface area contributed by atoms with Crippen molar-refractivity contribution in [2.24, 2.45) is 5.73 Å². The SMILES string of the molecule is CC(N)c1cccc[c]1[Sn]([CH3])[CH2]S. The van der Waals surface area contributed by atoms with Gasteiger partial charge in [-0.1, -0.05) is 0 Å². The summed E-state index contributed by atoms with van der Waals surface area (Å²) in [6, 6.07) is 8.70. The maximum atomic E-state index is 5.91. The molecule has 0 bridgehead atoms. The predicted molar refractivity (Wildman–Crippen MR) is 64.1 cm³/mol. The average molecular weight is 301 g/mol. The van der Waals surface area contributed by atoms with Crippen LogP contribution in [-0.2, 0) is 0 Å². The molecule has 3 heteroatoms. The number of benzene rings is 1. The zero-order valence-corrected chi connectivity index (χ0v) is 11.9. The Morgan fingerprint density at radius 1 is 1.46 bits per heavy atom. The Morgan fingerprint density at radius 2 is 2.08 bits per heavy atom. The molecule has 1 rings (SSSR count). The average Bonchev–Trinajstić information content (AvgIpc) is 2.16. The summed E-state index contributed by atoms with van der Waals surface area (Å²) < 4.78 is 2.58. The second kappa shape index (κ2) is 5.27. The number of nitrogens with two attached hydrogens (primary N) is 1. The molecule has 1 nitrogen and oxygen atoms in total. The Kier molecular flexibility index (Phi) is 4.62. The topological polar surface area (TPSA) is 26.0 Å².